The molecule has 0 saturated heterocycles. The number of carbonyl (C=O) groups excluding carboxylic acids is 1. The molecule has 2 aromatic carbocycles. The van der Waals surface area contributed by atoms with Crippen LogP contribution < -0.4 is 0 Å². The summed E-state index contributed by atoms with van der Waals surface area (Å²) in [5, 5.41) is 8.87. The van der Waals surface area contributed by atoms with E-state index in [1.54, 1.807) is 6.07 Å². The number of hydrogen-bond donors (Lipinski definition) is 1. The second-order valence-electron chi connectivity index (χ2n) is 8.68. The molecule has 1 heterocycles. The first-order valence-electron chi connectivity index (χ1n) is 11.1. The summed E-state index contributed by atoms with van der Waals surface area (Å²) in [6, 6.07) is 12.6. The quantitative estimate of drug-likeness (QED) is 0.314. The molecule has 0 aliphatic heterocycles. The van der Waals surface area contributed by atoms with Gasteiger partial charge in [-0.15, -0.1) is 11.3 Å². The number of ketones is 1. The molecule has 0 unspecified atom stereocenters. The number of Topliss-reactive ketones (excluding diaryl/α,β-unsaturated/α-hetero) is 1. The van der Waals surface area contributed by atoms with Crippen molar-refractivity contribution in [1.82, 2.24) is 0 Å². The van der Waals surface area contributed by atoms with E-state index < -0.39 is 17.7 Å². The summed E-state index contributed by atoms with van der Waals surface area (Å²) < 4.78 is 38.6. The molecule has 3 nitrogen and oxygen atoms in total. The first kappa shape index (κ1) is 25.7. The van der Waals surface area contributed by atoms with Gasteiger partial charge in [-0.3, -0.25) is 9.59 Å². The molecule has 0 radical (unpaired) electrons. The number of carbonyl (C=O) groups is 2. The molecule has 0 amide bonds. The first-order chi connectivity index (χ1) is 16.0. The molecule has 1 N–H and O–H groups in total. The number of thiophene rings is 1. The average Bonchev–Trinajstić information content (AvgIpc) is 3.20. The third-order valence-electron chi connectivity index (χ3n) is 5.81. The van der Waals surface area contributed by atoms with Crippen LogP contribution in [0.1, 0.15) is 70.1 Å². The van der Waals surface area contributed by atoms with Gasteiger partial charge < -0.3 is 5.11 Å². The van der Waals surface area contributed by atoms with Gasteiger partial charge >= 0.3 is 12.1 Å². The summed E-state index contributed by atoms with van der Waals surface area (Å²) in [6.07, 6.45) is -3.02. The van der Waals surface area contributed by atoms with E-state index in [9.17, 15) is 22.8 Å². The van der Waals surface area contributed by atoms with Gasteiger partial charge in [0.15, 0.2) is 5.78 Å². The predicted octanol–water partition coefficient (Wildman–Crippen LogP) is 7.70. The summed E-state index contributed by atoms with van der Waals surface area (Å²) in [5.41, 5.74) is 3.57. The van der Waals surface area contributed by atoms with E-state index in [0.717, 1.165) is 44.1 Å². The lowest BCUT2D eigenvalue weighted by atomic mass is 9.96. The predicted molar refractivity (Wildman–Crippen MR) is 129 cm³/mol. The molecular formula is C27H27F3O3S. The molecule has 3 rings (SSSR count). The van der Waals surface area contributed by atoms with Gasteiger partial charge in [-0.25, -0.2) is 0 Å². The maximum Gasteiger partial charge on any atom is 0.416 e. The van der Waals surface area contributed by atoms with E-state index in [2.05, 4.69) is 13.8 Å². The number of benzene rings is 2. The molecule has 1 aromatic heterocycles. The van der Waals surface area contributed by atoms with Crippen LogP contribution in [-0.2, 0) is 23.8 Å². The summed E-state index contributed by atoms with van der Waals surface area (Å²) >= 11 is 1.52. The minimum Gasteiger partial charge on any atom is -0.481 e. The topological polar surface area (TPSA) is 54.4 Å². The van der Waals surface area contributed by atoms with Crippen molar-refractivity contribution in [3.8, 4) is 10.4 Å². The van der Waals surface area contributed by atoms with Gasteiger partial charge in [0.25, 0.3) is 0 Å². The van der Waals surface area contributed by atoms with Crippen LogP contribution in [0.2, 0.25) is 0 Å². The molecule has 3 aromatic rings. The van der Waals surface area contributed by atoms with Gasteiger partial charge in [-0.2, -0.15) is 13.2 Å². The molecule has 34 heavy (non-hydrogen) atoms. The van der Waals surface area contributed by atoms with Crippen molar-refractivity contribution < 1.29 is 27.9 Å². The lowest BCUT2D eigenvalue weighted by Crippen LogP contribution is -2.04. The van der Waals surface area contributed by atoms with E-state index in [1.165, 1.54) is 23.5 Å². The van der Waals surface area contributed by atoms with Crippen molar-refractivity contribution in [2.45, 2.75) is 58.5 Å². The average molecular weight is 489 g/mol. The summed E-state index contributed by atoms with van der Waals surface area (Å²) in [6.45, 7) is 5.99. The maximum absolute atomic E-state index is 12.9. The van der Waals surface area contributed by atoms with Crippen LogP contribution in [0.4, 0.5) is 13.2 Å². The lowest BCUT2D eigenvalue weighted by Gasteiger charge is -2.09. The van der Waals surface area contributed by atoms with Gasteiger partial charge in [-0.1, -0.05) is 38.1 Å². The van der Waals surface area contributed by atoms with Crippen LogP contribution in [0.5, 0.6) is 0 Å². The zero-order valence-electron chi connectivity index (χ0n) is 19.3. The summed E-state index contributed by atoms with van der Waals surface area (Å²) in [5.74, 6) is -0.625. The Morgan fingerprint density at radius 1 is 0.971 bits per heavy atom. The van der Waals surface area contributed by atoms with Crippen molar-refractivity contribution in [3.63, 3.8) is 0 Å². The fraction of sp³-hybridized carbons (Fsp3) is 0.333. The molecule has 0 aliphatic carbocycles. The Kier molecular flexibility index (Phi) is 7.97. The molecule has 180 valence electrons. The van der Waals surface area contributed by atoms with Crippen LogP contribution >= 0.6 is 11.3 Å². The van der Waals surface area contributed by atoms with E-state index in [-0.39, 0.29) is 18.1 Å². The number of alkyl halides is 3. The normalized spacial score (nSPS) is 11.7. The molecular weight excluding hydrogens is 461 g/mol. The molecule has 0 atom stereocenters. The second-order valence-corrected chi connectivity index (χ2v) is 9.81. The fourth-order valence-electron chi connectivity index (χ4n) is 3.86. The van der Waals surface area contributed by atoms with Crippen molar-refractivity contribution in [3.05, 3.63) is 81.2 Å². The number of carboxylic acid groups (broad SMARTS) is 1. The maximum atomic E-state index is 12.9. The fourth-order valence-corrected chi connectivity index (χ4v) is 5.18. The Morgan fingerprint density at radius 3 is 2.21 bits per heavy atom. The van der Waals surface area contributed by atoms with Gasteiger partial charge in [0.2, 0.25) is 0 Å². The summed E-state index contributed by atoms with van der Waals surface area (Å²) in [4.78, 5) is 25.6. The lowest BCUT2D eigenvalue weighted by molar-refractivity contribution is -0.138. The minimum atomic E-state index is -4.37. The highest BCUT2D eigenvalue weighted by molar-refractivity contribution is 7.15. The van der Waals surface area contributed by atoms with E-state index >= 15 is 0 Å². The highest BCUT2D eigenvalue weighted by Crippen LogP contribution is 2.37. The van der Waals surface area contributed by atoms with Crippen molar-refractivity contribution in [2.75, 3.05) is 0 Å². The third-order valence-corrected chi connectivity index (χ3v) is 7.07. The highest BCUT2D eigenvalue weighted by atomic mass is 32.1. The first-order valence-corrected chi connectivity index (χ1v) is 11.9. The second kappa shape index (κ2) is 10.6. The molecule has 0 bridgehead atoms. The SMILES string of the molecule is Cc1cc(C(=O)CCc2sc(-c3ccc(C(F)(F)F)cc3)cc2C(C)C)ccc1CCC(=O)O. The minimum absolute atomic E-state index is 0.00655. The van der Waals surface area contributed by atoms with Crippen molar-refractivity contribution >= 4 is 23.1 Å². The Morgan fingerprint density at radius 2 is 1.65 bits per heavy atom. The monoisotopic (exact) mass is 488 g/mol. The van der Waals surface area contributed by atoms with Gasteiger partial charge in [0, 0.05) is 28.2 Å². The molecule has 0 aliphatic rings. The largest absolute Gasteiger partial charge is 0.481 e. The van der Waals surface area contributed by atoms with Crippen LogP contribution in [0.15, 0.2) is 48.5 Å². The van der Waals surface area contributed by atoms with E-state index in [1.807, 2.05) is 25.1 Å². The van der Waals surface area contributed by atoms with Crippen LogP contribution in [0, 0.1) is 6.92 Å². The third kappa shape index (κ3) is 6.35. The van der Waals surface area contributed by atoms with E-state index in [4.69, 9.17) is 5.11 Å². The molecule has 0 fully saturated rings. The Labute approximate surface area is 201 Å². The van der Waals surface area contributed by atoms with E-state index in [0.29, 0.717) is 24.8 Å². The number of aliphatic carboxylic acids is 1. The van der Waals surface area contributed by atoms with Gasteiger partial charge in [0.05, 0.1) is 5.56 Å². The number of aryl methyl sites for hydroxylation is 3. The van der Waals surface area contributed by atoms with Crippen LogP contribution in [-0.4, -0.2) is 16.9 Å². The number of rotatable bonds is 9. The van der Waals surface area contributed by atoms with Crippen molar-refractivity contribution in [2.24, 2.45) is 0 Å². The number of carboxylic acids is 1. The number of halogens is 3. The molecule has 0 spiro atoms. The number of hydrogen-bond acceptors (Lipinski definition) is 3. The van der Waals surface area contributed by atoms with Crippen LogP contribution in [0.25, 0.3) is 10.4 Å². The summed E-state index contributed by atoms with van der Waals surface area (Å²) in [7, 11) is 0. The zero-order valence-corrected chi connectivity index (χ0v) is 20.1. The Bertz CT molecular complexity index is 1170. The standard InChI is InChI=1S/C27H27F3O3S/c1-16(2)22-15-25(19-6-9-21(10-7-19)27(28,29)30)34-24(22)12-11-23(31)20-5-4-18(17(3)14-20)8-13-26(32)33/h4-7,9-10,14-16H,8,11-13H2,1-3H3,(H,32,33). The zero-order chi connectivity index (χ0) is 25.0. The Balaban J connectivity index is 1.74. The van der Waals surface area contributed by atoms with Crippen LogP contribution in [0.3, 0.4) is 0 Å². The molecule has 0 saturated carbocycles. The Hall–Kier alpha value is -2.93. The van der Waals surface area contributed by atoms with Crippen molar-refractivity contribution in [1.29, 1.82) is 0 Å². The van der Waals surface area contributed by atoms with Gasteiger partial charge in [0.1, 0.15) is 0 Å². The van der Waals surface area contributed by atoms with Gasteiger partial charge in [-0.05, 0) is 72.2 Å². The smallest absolute Gasteiger partial charge is 0.416 e. The molecule has 7 heteroatoms. The highest BCUT2D eigenvalue weighted by Gasteiger charge is 2.30.